The van der Waals surface area contributed by atoms with Crippen LogP contribution in [0.4, 0.5) is 11.4 Å². The van der Waals surface area contributed by atoms with Crippen LogP contribution in [0.3, 0.4) is 0 Å². The van der Waals surface area contributed by atoms with Gasteiger partial charge in [-0.1, -0.05) is 24.3 Å². The van der Waals surface area contributed by atoms with Gasteiger partial charge in [0.1, 0.15) is 5.82 Å². The zero-order valence-electron chi connectivity index (χ0n) is 21.7. The Kier molecular flexibility index (Phi) is 8.69. The zero-order valence-corrected chi connectivity index (χ0v) is 21.7. The van der Waals surface area contributed by atoms with Crippen molar-refractivity contribution >= 4 is 23.2 Å². The molecule has 0 aliphatic carbocycles. The highest BCUT2D eigenvalue weighted by Crippen LogP contribution is 2.20. The molecule has 0 fully saturated rings. The minimum absolute atomic E-state index is 0.238. The van der Waals surface area contributed by atoms with E-state index in [1.54, 1.807) is 36.8 Å². The average molecular weight is 507 g/mol. The third kappa shape index (κ3) is 7.41. The van der Waals surface area contributed by atoms with E-state index in [1.165, 1.54) is 6.08 Å². The zero-order chi connectivity index (χ0) is 26.9. The predicted octanol–water partition coefficient (Wildman–Crippen LogP) is 4.75. The van der Waals surface area contributed by atoms with Gasteiger partial charge in [-0.05, 0) is 74.6 Å². The lowest BCUT2D eigenvalue weighted by Gasteiger charge is -2.11. The lowest BCUT2D eigenvalue weighted by atomic mass is 10.1. The van der Waals surface area contributed by atoms with Crippen LogP contribution in [-0.4, -0.2) is 52.3 Å². The highest BCUT2D eigenvalue weighted by molar-refractivity contribution is 6.06. The van der Waals surface area contributed by atoms with Crippen molar-refractivity contribution in [3.8, 4) is 11.3 Å². The summed E-state index contributed by atoms with van der Waals surface area (Å²) in [6.45, 7) is 2.55. The Labute approximate surface area is 222 Å². The quantitative estimate of drug-likeness (QED) is 0.318. The summed E-state index contributed by atoms with van der Waals surface area (Å²) in [5.74, 6) is 0.205. The van der Waals surface area contributed by atoms with Gasteiger partial charge in [0.05, 0.1) is 5.69 Å². The maximum atomic E-state index is 12.9. The van der Waals surface area contributed by atoms with E-state index < -0.39 is 0 Å². The minimum Gasteiger partial charge on any atom is -0.322 e. The van der Waals surface area contributed by atoms with Crippen LogP contribution in [0.25, 0.3) is 11.3 Å². The Morgan fingerprint density at radius 1 is 0.974 bits per heavy atom. The van der Waals surface area contributed by atoms with Crippen molar-refractivity contribution < 1.29 is 9.59 Å². The van der Waals surface area contributed by atoms with Crippen LogP contribution in [0, 0.1) is 6.92 Å². The van der Waals surface area contributed by atoms with Crippen molar-refractivity contribution in [1.29, 1.82) is 0 Å². The molecule has 0 aliphatic rings. The van der Waals surface area contributed by atoms with E-state index in [2.05, 4.69) is 25.6 Å². The molecule has 8 heteroatoms. The van der Waals surface area contributed by atoms with E-state index in [1.807, 2.05) is 74.4 Å². The fraction of sp³-hybridized carbons (Fsp3) is 0.167. The SMILES string of the molecule is Cc1ccc(C(=O)Nc2ccc(Cc3nccc(-c4cccnc4)n3)cc2)cc1NC(=O)/C=C/CN(C)C. The number of nitrogens with zero attached hydrogens (tertiary/aromatic N) is 4. The molecular weight excluding hydrogens is 476 g/mol. The molecule has 0 spiro atoms. The number of likely N-dealkylation sites (N-methyl/N-ethyl adjacent to an activating group) is 1. The van der Waals surface area contributed by atoms with Crippen molar-refractivity contribution in [3.63, 3.8) is 0 Å². The maximum absolute atomic E-state index is 12.9. The summed E-state index contributed by atoms with van der Waals surface area (Å²) in [4.78, 5) is 40.3. The highest BCUT2D eigenvalue weighted by Gasteiger charge is 2.11. The molecule has 0 saturated heterocycles. The smallest absolute Gasteiger partial charge is 0.255 e. The molecule has 0 aliphatic heterocycles. The van der Waals surface area contributed by atoms with E-state index in [0.717, 1.165) is 22.4 Å². The molecule has 4 aromatic rings. The van der Waals surface area contributed by atoms with Gasteiger partial charge < -0.3 is 15.5 Å². The highest BCUT2D eigenvalue weighted by atomic mass is 16.2. The number of hydrogen-bond acceptors (Lipinski definition) is 6. The summed E-state index contributed by atoms with van der Waals surface area (Å²) in [5, 5.41) is 5.77. The average Bonchev–Trinajstić information content (AvgIpc) is 2.91. The fourth-order valence-corrected chi connectivity index (χ4v) is 3.69. The maximum Gasteiger partial charge on any atom is 0.255 e. The first-order valence-corrected chi connectivity index (χ1v) is 12.2. The second kappa shape index (κ2) is 12.5. The van der Waals surface area contributed by atoms with Gasteiger partial charge in [-0.3, -0.25) is 14.6 Å². The summed E-state index contributed by atoms with van der Waals surface area (Å²) >= 11 is 0. The predicted molar refractivity (Wildman–Crippen MR) is 150 cm³/mol. The van der Waals surface area contributed by atoms with Gasteiger partial charge in [0.15, 0.2) is 0 Å². The van der Waals surface area contributed by atoms with Crippen LogP contribution in [0.1, 0.15) is 27.3 Å². The Balaban J connectivity index is 1.38. The first kappa shape index (κ1) is 26.4. The Hall–Kier alpha value is -4.69. The lowest BCUT2D eigenvalue weighted by molar-refractivity contribution is -0.111. The Morgan fingerprint density at radius 3 is 2.53 bits per heavy atom. The number of aryl methyl sites for hydroxylation is 1. The molecule has 2 heterocycles. The van der Waals surface area contributed by atoms with Crippen molar-refractivity contribution in [2.75, 3.05) is 31.3 Å². The summed E-state index contributed by atoms with van der Waals surface area (Å²) in [6, 6.07) is 18.5. The van der Waals surface area contributed by atoms with Crippen molar-refractivity contribution in [3.05, 3.63) is 114 Å². The second-order valence-corrected chi connectivity index (χ2v) is 9.11. The number of nitrogens with one attached hydrogen (secondary N) is 2. The van der Waals surface area contributed by atoms with E-state index in [-0.39, 0.29) is 11.8 Å². The van der Waals surface area contributed by atoms with E-state index in [9.17, 15) is 9.59 Å². The number of aromatic nitrogens is 3. The van der Waals surface area contributed by atoms with Gasteiger partial charge in [-0.15, -0.1) is 0 Å². The normalized spacial score (nSPS) is 11.1. The fourth-order valence-electron chi connectivity index (χ4n) is 3.69. The third-order valence-electron chi connectivity index (χ3n) is 5.73. The van der Waals surface area contributed by atoms with E-state index >= 15 is 0 Å². The monoisotopic (exact) mass is 506 g/mol. The molecule has 0 atom stereocenters. The molecule has 0 unspecified atom stereocenters. The molecule has 4 rings (SSSR count). The van der Waals surface area contributed by atoms with Crippen LogP contribution in [0.2, 0.25) is 0 Å². The topological polar surface area (TPSA) is 100 Å². The number of carbonyl (C=O) groups excluding carboxylic acids is 2. The number of hydrogen-bond donors (Lipinski definition) is 2. The van der Waals surface area contributed by atoms with Gasteiger partial charge in [0.2, 0.25) is 5.91 Å². The first-order valence-electron chi connectivity index (χ1n) is 12.2. The van der Waals surface area contributed by atoms with Crippen molar-refractivity contribution in [2.24, 2.45) is 0 Å². The number of amides is 2. The molecule has 38 heavy (non-hydrogen) atoms. The van der Waals surface area contributed by atoms with Crippen LogP contribution in [-0.2, 0) is 11.2 Å². The van der Waals surface area contributed by atoms with Gasteiger partial charge in [-0.25, -0.2) is 9.97 Å². The number of carbonyl (C=O) groups is 2. The van der Waals surface area contributed by atoms with Crippen molar-refractivity contribution in [2.45, 2.75) is 13.3 Å². The standard InChI is InChI=1S/C30H30N6O2/c1-21-8-11-23(19-27(21)35-29(37)7-5-17-36(2)3)30(38)33-25-12-9-22(10-13-25)18-28-32-16-14-26(34-28)24-6-4-15-31-20-24/h4-16,19-20H,17-18H2,1-3H3,(H,33,38)(H,35,37)/b7-5+. The summed E-state index contributed by atoms with van der Waals surface area (Å²) < 4.78 is 0. The molecule has 2 aromatic carbocycles. The summed E-state index contributed by atoms with van der Waals surface area (Å²) in [5.41, 5.74) is 5.37. The molecule has 192 valence electrons. The van der Waals surface area contributed by atoms with E-state index in [0.29, 0.717) is 35.7 Å². The number of benzene rings is 2. The lowest BCUT2D eigenvalue weighted by Crippen LogP contribution is -2.15. The third-order valence-corrected chi connectivity index (χ3v) is 5.73. The second-order valence-electron chi connectivity index (χ2n) is 9.11. The summed E-state index contributed by atoms with van der Waals surface area (Å²) in [7, 11) is 3.86. The molecule has 2 amide bonds. The van der Waals surface area contributed by atoms with Gasteiger partial charge in [0, 0.05) is 60.1 Å². The number of anilines is 2. The number of rotatable bonds is 9. The summed E-state index contributed by atoms with van der Waals surface area (Å²) in [6.07, 6.45) is 9.10. The van der Waals surface area contributed by atoms with Crippen LogP contribution in [0.5, 0.6) is 0 Å². The van der Waals surface area contributed by atoms with Crippen LogP contribution in [0.15, 0.2) is 91.4 Å². The Morgan fingerprint density at radius 2 is 1.79 bits per heavy atom. The van der Waals surface area contributed by atoms with Crippen LogP contribution >= 0.6 is 0 Å². The van der Waals surface area contributed by atoms with Crippen molar-refractivity contribution in [1.82, 2.24) is 19.9 Å². The van der Waals surface area contributed by atoms with Gasteiger partial charge in [-0.2, -0.15) is 0 Å². The first-order chi connectivity index (χ1) is 18.4. The molecule has 0 bridgehead atoms. The molecule has 2 aromatic heterocycles. The molecule has 2 N–H and O–H groups in total. The van der Waals surface area contributed by atoms with E-state index in [4.69, 9.17) is 0 Å². The van der Waals surface area contributed by atoms with Gasteiger partial charge >= 0.3 is 0 Å². The Bertz CT molecular complexity index is 1430. The molecule has 0 saturated carbocycles. The molecule has 0 radical (unpaired) electrons. The molecular formula is C30H30N6O2. The minimum atomic E-state index is -0.260. The van der Waals surface area contributed by atoms with Gasteiger partial charge in [0.25, 0.3) is 5.91 Å². The van der Waals surface area contributed by atoms with Crippen LogP contribution < -0.4 is 10.6 Å². The molecule has 8 nitrogen and oxygen atoms in total. The number of pyridine rings is 1. The largest absolute Gasteiger partial charge is 0.322 e.